The highest BCUT2D eigenvalue weighted by molar-refractivity contribution is 5.88. The molecule has 0 aliphatic heterocycles. The quantitative estimate of drug-likeness (QED) is 0.0681. The number of hydrogen-bond donors (Lipinski definition) is 3. The lowest BCUT2D eigenvalue weighted by Gasteiger charge is -2.57. The largest absolute Gasteiger partial charge is 0.416 e. The van der Waals surface area contributed by atoms with Crippen molar-refractivity contribution < 1.29 is 40.7 Å². The molecule has 0 spiro atoms. The zero-order chi connectivity index (χ0) is 44.9. The lowest BCUT2D eigenvalue weighted by Crippen LogP contribution is -2.54. The fourth-order valence-corrected chi connectivity index (χ4v) is 10.9. The van der Waals surface area contributed by atoms with Crippen LogP contribution in [0.25, 0.3) is 10.8 Å². The van der Waals surface area contributed by atoms with Gasteiger partial charge in [0, 0.05) is 26.1 Å². The third kappa shape index (κ3) is 11.8. The standard InChI is InChI=1S/C49H57F6N5O3/c50-48(51,52)39-20-36(21-40(23-39)49(53,54)55)28-59(29-38-13-8-12-37-11-4-5-14-42(37)38)45(62)31-60(44(61)27-47-24-33-17-34(25-47)19-35(18-33)26-47)30-41(22-32-9-2-1-3-10-32)58-46(63)43(57)15-6-7-16-56/h1-5,8-14,20-21,23,33-35,41,43H,6-7,15-19,22,24-31,56-57H2,(H,58,63)/t33?,34?,35?,41-,43-,47?/m0/s1. The number of unbranched alkanes of at least 4 members (excludes halogenated alkanes) is 1. The zero-order valence-electron chi connectivity index (χ0n) is 35.4. The summed E-state index contributed by atoms with van der Waals surface area (Å²) in [5, 5.41) is 4.63. The lowest BCUT2D eigenvalue weighted by atomic mass is 9.49. The molecule has 3 amide bonds. The Morgan fingerprint density at radius 2 is 1.32 bits per heavy atom. The van der Waals surface area contributed by atoms with Gasteiger partial charge in [-0.3, -0.25) is 14.4 Å². The summed E-state index contributed by atoms with van der Waals surface area (Å²) < 4.78 is 84.5. The molecule has 8 rings (SSSR count). The minimum Gasteiger partial charge on any atom is -0.350 e. The van der Waals surface area contributed by atoms with Crippen LogP contribution in [0.2, 0.25) is 0 Å². The summed E-state index contributed by atoms with van der Waals surface area (Å²) in [6.45, 7) is -0.930. The second-order valence-corrected chi connectivity index (χ2v) is 18.5. The van der Waals surface area contributed by atoms with Crippen LogP contribution in [0.5, 0.6) is 0 Å². The first-order valence-electron chi connectivity index (χ1n) is 22.1. The van der Waals surface area contributed by atoms with E-state index in [1.54, 1.807) is 18.2 Å². The van der Waals surface area contributed by atoms with Gasteiger partial charge < -0.3 is 26.6 Å². The fraction of sp³-hybridized carbons (Fsp3) is 0.490. The molecule has 4 bridgehead atoms. The summed E-state index contributed by atoms with van der Waals surface area (Å²) >= 11 is 0. The van der Waals surface area contributed by atoms with Crippen molar-refractivity contribution in [3.05, 3.63) is 119 Å². The van der Waals surface area contributed by atoms with E-state index in [0.717, 1.165) is 54.9 Å². The van der Waals surface area contributed by atoms with E-state index in [9.17, 15) is 40.7 Å². The Labute approximate surface area is 364 Å². The van der Waals surface area contributed by atoms with Crippen LogP contribution in [0.15, 0.2) is 91.0 Å². The molecule has 2 atom stereocenters. The van der Waals surface area contributed by atoms with Gasteiger partial charge in [-0.15, -0.1) is 0 Å². The smallest absolute Gasteiger partial charge is 0.350 e. The summed E-state index contributed by atoms with van der Waals surface area (Å²) in [6.07, 6.45) is -1.76. The molecule has 4 aromatic rings. The molecule has 4 fully saturated rings. The maximum Gasteiger partial charge on any atom is 0.416 e. The van der Waals surface area contributed by atoms with Gasteiger partial charge in [0.2, 0.25) is 17.7 Å². The molecule has 338 valence electrons. The molecule has 8 nitrogen and oxygen atoms in total. The van der Waals surface area contributed by atoms with Crippen molar-refractivity contribution >= 4 is 28.5 Å². The van der Waals surface area contributed by atoms with Gasteiger partial charge in [0.1, 0.15) is 0 Å². The Morgan fingerprint density at radius 3 is 1.94 bits per heavy atom. The molecule has 4 aromatic carbocycles. The van der Waals surface area contributed by atoms with Crippen LogP contribution in [-0.2, 0) is 46.2 Å². The van der Waals surface area contributed by atoms with E-state index >= 15 is 0 Å². The molecule has 14 heteroatoms. The van der Waals surface area contributed by atoms with Crippen LogP contribution in [0, 0.1) is 23.2 Å². The average Bonchev–Trinajstić information content (AvgIpc) is 3.22. The third-order valence-electron chi connectivity index (χ3n) is 13.4. The maximum atomic E-state index is 14.9. The second kappa shape index (κ2) is 19.4. The van der Waals surface area contributed by atoms with Gasteiger partial charge in [0.05, 0.1) is 29.8 Å². The van der Waals surface area contributed by atoms with E-state index in [-0.39, 0.29) is 42.5 Å². The Morgan fingerprint density at radius 1 is 0.714 bits per heavy atom. The van der Waals surface area contributed by atoms with Crippen molar-refractivity contribution in [2.75, 3.05) is 19.6 Å². The number of rotatable bonds is 18. The fourth-order valence-electron chi connectivity index (χ4n) is 10.9. The second-order valence-electron chi connectivity index (χ2n) is 18.5. The number of hydrogen-bond acceptors (Lipinski definition) is 5. The Balaban J connectivity index is 1.24. The monoisotopic (exact) mass is 877 g/mol. The van der Waals surface area contributed by atoms with E-state index in [2.05, 4.69) is 5.32 Å². The number of carbonyl (C=O) groups is 3. The maximum absolute atomic E-state index is 14.9. The van der Waals surface area contributed by atoms with Crippen LogP contribution >= 0.6 is 0 Å². The Kier molecular flexibility index (Phi) is 14.2. The summed E-state index contributed by atoms with van der Waals surface area (Å²) in [6, 6.07) is 21.9. The molecular formula is C49H57F6N5O3. The highest BCUT2D eigenvalue weighted by Crippen LogP contribution is 2.61. The molecule has 4 saturated carbocycles. The third-order valence-corrected chi connectivity index (χ3v) is 13.4. The Bertz CT molecular complexity index is 2160. The van der Waals surface area contributed by atoms with Gasteiger partial charge in [0.25, 0.3) is 0 Å². The number of alkyl halides is 6. The molecule has 0 aromatic heterocycles. The first-order valence-corrected chi connectivity index (χ1v) is 22.1. The van der Waals surface area contributed by atoms with Gasteiger partial charge in [-0.25, -0.2) is 0 Å². The molecule has 0 saturated heterocycles. The Hall–Kier alpha value is -4.95. The van der Waals surface area contributed by atoms with Gasteiger partial charge in [-0.2, -0.15) is 26.3 Å². The van der Waals surface area contributed by atoms with Crippen molar-refractivity contribution in [3.63, 3.8) is 0 Å². The first kappa shape index (κ1) is 46.1. The molecule has 0 unspecified atom stereocenters. The zero-order valence-corrected chi connectivity index (χ0v) is 35.4. The van der Waals surface area contributed by atoms with Crippen molar-refractivity contribution in [1.29, 1.82) is 0 Å². The van der Waals surface area contributed by atoms with Gasteiger partial charge in [-0.05, 0) is 133 Å². The summed E-state index contributed by atoms with van der Waals surface area (Å²) in [7, 11) is 0. The normalized spacial score (nSPS) is 21.6. The number of benzene rings is 4. The number of nitrogens with two attached hydrogens (primary N) is 2. The van der Waals surface area contributed by atoms with E-state index in [1.807, 2.05) is 54.6 Å². The molecular weight excluding hydrogens is 821 g/mol. The SMILES string of the molecule is NCCCC[C@H](N)C(=O)N[C@@H](Cc1ccccc1)CN(CC(=O)N(Cc1cc(C(F)(F)F)cc(C(F)(F)F)c1)Cc1cccc2ccccc12)C(=O)CC12CC3CC(CC(C3)C1)C2. The minimum atomic E-state index is -5.09. The van der Waals surface area contributed by atoms with Crippen LogP contribution in [0.4, 0.5) is 26.3 Å². The molecule has 63 heavy (non-hydrogen) atoms. The van der Waals surface area contributed by atoms with Crippen LogP contribution in [0.3, 0.4) is 0 Å². The number of amides is 3. The van der Waals surface area contributed by atoms with Crippen LogP contribution in [-0.4, -0.2) is 59.2 Å². The van der Waals surface area contributed by atoms with Gasteiger partial charge in [-0.1, -0.05) is 79.2 Å². The van der Waals surface area contributed by atoms with Crippen LogP contribution in [0.1, 0.15) is 92.0 Å². The molecule has 0 radical (unpaired) electrons. The van der Waals surface area contributed by atoms with Crippen molar-refractivity contribution in [1.82, 2.24) is 15.1 Å². The highest BCUT2D eigenvalue weighted by Gasteiger charge is 2.52. The molecule has 0 heterocycles. The summed E-state index contributed by atoms with van der Waals surface area (Å²) in [4.78, 5) is 46.1. The first-order chi connectivity index (χ1) is 30.0. The number of nitrogens with zero attached hydrogens (tertiary/aromatic N) is 2. The number of fused-ring (bicyclic) bond motifs is 1. The summed E-state index contributed by atoms with van der Waals surface area (Å²) in [5.74, 6) is 0.237. The van der Waals surface area contributed by atoms with Gasteiger partial charge >= 0.3 is 12.4 Å². The lowest BCUT2D eigenvalue weighted by molar-refractivity contribution is -0.146. The highest BCUT2D eigenvalue weighted by atomic mass is 19.4. The van der Waals surface area contributed by atoms with E-state index in [0.29, 0.717) is 67.7 Å². The predicted octanol–water partition coefficient (Wildman–Crippen LogP) is 9.03. The predicted molar refractivity (Wildman–Crippen MR) is 229 cm³/mol. The minimum absolute atomic E-state index is 0.0660. The van der Waals surface area contributed by atoms with Crippen molar-refractivity contribution in [3.8, 4) is 0 Å². The van der Waals surface area contributed by atoms with Crippen molar-refractivity contribution in [2.24, 2.45) is 34.6 Å². The van der Waals surface area contributed by atoms with Gasteiger partial charge in [0.15, 0.2) is 0 Å². The number of nitrogens with one attached hydrogen (secondary N) is 1. The van der Waals surface area contributed by atoms with Crippen LogP contribution < -0.4 is 16.8 Å². The number of carbonyl (C=O) groups excluding carboxylic acids is 3. The van der Waals surface area contributed by atoms with Crippen molar-refractivity contribution in [2.45, 2.75) is 108 Å². The van der Waals surface area contributed by atoms with E-state index < -0.39 is 60.5 Å². The summed E-state index contributed by atoms with van der Waals surface area (Å²) in [5.41, 5.74) is 9.91. The molecule has 4 aliphatic rings. The average molecular weight is 878 g/mol. The number of halogens is 6. The molecule has 5 N–H and O–H groups in total. The topological polar surface area (TPSA) is 122 Å². The van der Waals surface area contributed by atoms with E-state index in [4.69, 9.17) is 11.5 Å². The molecule has 4 aliphatic carbocycles. The van der Waals surface area contributed by atoms with E-state index in [1.165, 1.54) is 9.80 Å².